The quantitative estimate of drug-likeness (QED) is 0.0846. The van der Waals surface area contributed by atoms with Gasteiger partial charge in [0.1, 0.15) is 11.5 Å². The van der Waals surface area contributed by atoms with Gasteiger partial charge in [0, 0.05) is 33.8 Å². The van der Waals surface area contributed by atoms with E-state index in [0.29, 0.717) is 5.56 Å². The van der Waals surface area contributed by atoms with E-state index in [2.05, 4.69) is 379 Å². The smallest absolute Gasteiger partial charge is 0.256 e. The average molecular weight is 1370 g/mol. The molecule has 3 heterocycles. The van der Waals surface area contributed by atoms with Gasteiger partial charge in [-0.1, -0.05) is 369 Å². The summed E-state index contributed by atoms with van der Waals surface area (Å²) in [5, 5.41) is 11.6. The molecule has 1 aromatic heterocycles. The highest BCUT2D eigenvalue weighted by Gasteiger charge is 2.49. The lowest BCUT2D eigenvalue weighted by molar-refractivity contribution is 0.487. The van der Waals surface area contributed by atoms with Crippen molar-refractivity contribution in [2.45, 2.75) is 52.4 Å². The number of hydrogen-bond acceptors (Lipinski definition) is 2. The van der Waals surface area contributed by atoms with E-state index in [1.807, 2.05) is 12.1 Å². The molecule has 15 aromatic carbocycles. The Bertz CT molecular complexity index is 6070. The van der Waals surface area contributed by atoms with Crippen LogP contribution in [0.4, 0.5) is 17.1 Å². The Kier molecular flexibility index (Phi) is 14.5. The number of para-hydroxylation sites is 1. The zero-order valence-electron chi connectivity index (χ0n) is 64.2. The van der Waals surface area contributed by atoms with E-state index in [1.165, 1.54) is 42.6 Å². The van der Waals surface area contributed by atoms with Crippen molar-refractivity contribution in [2.24, 2.45) is 0 Å². The zero-order valence-corrected chi connectivity index (χ0v) is 61.2. The summed E-state index contributed by atoms with van der Waals surface area (Å²) in [6.07, 6.45) is 0. The molecular weight excluding hydrogens is 1290 g/mol. The highest BCUT2D eigenvalue weighted by atomic mass is 28.3. The van der Waals surface area contributed by atoms with Crippen molar-refractivity contribution in [1.29, 1.82) is 0 Å². The Morgan fingerprint density at radius 1 is 0.317 bits per heavy atom. The lowest BCUT2D eigenvalue weighted by atomic mass is 9.34. The second kappa shape index (κ2) is 25.6. The number of fused-ring (bicyclic) bond motifs is 7. The van der Waals surface area contributed by atoms with Gasteiger partial charge in [0.15, 0.2) is 16.1 Å². The minimum atomic E-state index is -3.61. The standard InChI is InChI=1S/C98H79BN2OSi2/c1-97(2,3)73-52-56-85-86-57-53-74(98(4,5)6)63-91(86)100(90(85)62-73)75-64-93-96-95(65-75)102-94-67-83(104(78-44-24-12-25-45-78,79-46-26-13-27-47-79)81-49-31-39-72(61-81)69-34-16-8-17-35-69)55-59-88(94)99(96)87-58-54-82(66-92(87)101(93)89-51-29-28-50-84(89)70-36-18-9-19-37-70)103(76-40-20-10-21-41-76,77-42-22-11-23-43-77)80-48-30-38-71(60-80)68-32-14-7-15-33-68/h7-67H,1-6H3/i7D,14D,15D,32D,33D. The molecule has 0 aliphatic carbocycles. The average Bonchev–Trinajstić information content (AvgIpc) is 0.818. The molecule has 498 valence electrons. The first kappa shape index (κ1) is 58.8. The molecule has 0 amide bonds. The molecular formula is C98H79BN2OSi2. The van der Waals surface area contributed by atoms with Gasteiger partial charge in [-0.2, -0.15) is 0 Å². The number of rotatable bonds is 13. The number of aromatic nitrogens is 1. The summed E-state index contributed by atoms with van der Waals surface area (Å²) in [5.74, 6) is 1.57. The molecule has 0 saturated heterocycles. The minimum Gasteiger partial charge on any atom is -0.458 e. The fraction of sp³-hybridized carbons (Fsp3) is 0.0816. The first-order valence-electron chi connectivity index (χ1n) is 38.7. The van der Waals surface area contributed by atoms with Gasteiger partial charge in [-0.3, -0.25) is 0 Å². The van der Waals surface area contributed by atoms with Crippen LogP contribution in [0.1, 0.15) is 59.5 Å². The van der Waals surface area contributed by atoms with Crippen molar-refractivity contribution in [3.8, 4) is 50.6 Å². The van der Waals surface area contributed by atoms with Crippen LogP contribution in [0.25, 0.3) is 60.9 Å². The van der Waals surface area contributed by atoms with Crippen LogP contribution in [0.15, 0.2) is 370 Å². The number of nitrogens with zero attached hydrogens (tertiary/aromatic N) is 2. The maximum absolute atomic E-state index is 9.38. The van der Waals surface area contributed by atoms with E-state index in [-0.39, 0.29) is 47.3 Å². The second-order valence-electron chi connectivity index (χ2n) is 29.9. The van der Waals surface area contributed by atoms with Crippen molar-refractivity contribution < 1.29 is 11.6 Å². The number of anilines is 3. The fourth-order valence-corrected chi connectivity index (χ4v) is 26.5. The molecule has 0 radical (unpaired) electrons. The van der Waals surface area contributed by atoms with Crippen LogP contribution in [0, 0.1) is 0 Å². The third-order valence-corrected chi connectivity index (χ3v) is 31.4. The molecule has 0 atom stereocenters. The molecule has 0 saturated carbocycles. The van der Waals surface area contributed by atoms with Gasteiger partial charge in [0.2, 0.25) is 0 Å². The Morgan fingerprint density at radius 2 is 0.750 bits per heavy atom. The zero-order chi connectivity index (χ0) is 74.7. The molecule has 3 nitrogen and oxygen atoms in total. The van der Waals surface area contributed by atoms with Crippen LogP contribution in [0.5, 0.6) is 11.5 Å². The molecule has 2 aliphatic heterocycles. The minimum absolute atomic E-state index is 0.162. The van der Waals surface area contributed by atoms with Crippen molar-refractivity contribution in [3.63, 3.8) is 0 Å². The van der Waals surface area contributed by atoms with Crippen molar-refractivity contribution in [3.05, 3.63) is 381 Å². The molecule has 0 fully saturated rings. The summed E-state index contributed by atoms with van der Waals surface area (Å²) in [6.45, 7) is 13.4. The van der Waals surface area contributed by atoms with E-state index in [0.717, 1.165) is 105 Å². The Labute approximate surface area is 620 Å². The predicted molar refractivity (Wildman–Crippen MR) is 448 cm³/mol. The van der Waals surface area contributed by atoms with E-state index >= 15 is 0 Å². The second-order valence-corrected chi connectivity index (χ2v) is 37.6. The van der Waals surface area contributed by atoms with Gasteiger partial charge in [-0.05, 0) is 144 Å². The number of ether oxygens (including phenoxy) is 1. The summed E-state index contributed by atoms with van der Waals surface area (Å²) in [4.78, 5) is 2.54. The fourth-order valence-electron chi connectivity index (χ4n) is 17.0. The Balaban J connectivity index is 0.975. The highest BCUT2D eigenvalue weighted by Crippen LogP contribution is 2.47. The van der Waals surface area contributed by atoms with Crippen LogP contribution in [0.2, 0.25) is 0 Å². The Hall–Kier alpha value is -11.8. The van der Waals surface area contributed by atoms with Crippen molar-refractivity contribution >= 4 is 120 Å². The largest absolute Gasteiger partial charge is 0.458 e. The topological polar surface area (TPSA) is 17.4 Å². The van der Waals surface area contributed by atoms with Crippen molar-refractivity contribution in [1.82, 2.24) is 4.57 Å². The lowest BCUT2D eigenvalue weighted by Crippen LogP contribution is -2.75. The maximum Gasteiger partial charge on any atom is 0.256 e. The summed E-state index contributed by atoms with van der Waals surface area (Å²) >= 11 is 0. The molecule has 2 aliphatic rings. The first-order chi connectivity index (χ1) is 52.9. The maximum atomic E-state index is 9.38. The van der Waals surface area contributed by atoms with Gasteiger partial charge in [0.05, 0.1) is 29.3 Å². The first-order valence-corrected chi connectivity index (χ1v) is 40.2. The van der Waals surface area contributed by atoms with Gasteiger partial charge in [-0.25, -0.2) is 0 Å². The van der Waals surface area contributed by atoms with Crippen molar-refractivity contribution in [2.75, 3.05) is 4.90 Å². The van der Waals surface area contributed by atoms with E-state index in [9.17, 15) is 2.74 Å². The highest BCUT2D eigenvalue weighted by molar-refractivity contribution is 7.20. The monoisotopic (exact) mass is 1370 g/mol. The summed E-state index contributed by atoms with van der Waals surface area (Å²) in [5.41, 5.74) is 16.7. The summed E-state index contributed by atoms with van der Waals surface area (Å²) < 4.78 is 55.8. The van der Waals surface area contributed by atoms with Crippen LogP contribution >= 0.6 is 0 Å². The molecule has 0 spiro atoms. The van der Waals surface area contributed by atoms with E-state index in [4.69, 9.17) is 8.85 Å². The van der Waals surface area contributed by atoms with Crippen LogP contribution < -0.4 is 67.5 Å². The Morgan fingerprint density at radius 3 is 1.27 bits per heavy atom. The van der Waals surface area contributed by atoms with Gasteiger partial charge in [0.25, 0.3) is 6.71 Å². The summed E-state index contributed by atoms with van der Waals surface area (Å²) in [7, 11) is -6.88. The molecule has 104 heavy (non-hydrogen) atoms. The van der Waals surface area contributed by atoms with Gasteiger partial charge < -0.3 is 14.2 Å². The third-order valence-electron chi connectivity index (χ3n) is 21.9. The molecule has 6 heteroatoms. The van der Waals surface area contributed by atoms with Gasteiger partial charge >= 0.3 is 0 Å². The van der Waals surface area contributed by atoms with Crippen LogP contribution in [0.3, 0.4) is 0 Å². The normalized spacial score (nSPS) is 13.4. The van der Waals surface area contributed by atoms with Crippen LogP contribution in [-0.2, 0) is 10.8 Å². The number of hydrogen-bond donors (Lipinski definition) is 0. The predicted octanol–water partition coefficient (Wildman–Crippen LogP) is 17.5. The molecule has 16 aromatic rings. The molecule has 0 unspecified atom stereocenters. The SMILES string of the molecule is [2H]c1c([2H])c([2H])c(-c2cccc([Si](c3ccccc3)(c3ccccc3)c3ccc4c(c3)N(c3ccccc3-c3ccccc3)c3cc(-n5c6cc(C(C)(C)C)ccc6c6ccc(C(C)(C)C)cc65)cc5c3B4c3ccc([Si](c4ccccc4)(c4ccccc4)c4cccc(-c6ccccc6)c4)cc3O5)c2)c([2H])c1[2H]. The van der Waals surface area contributed by atoms with E-state index in [1.54, 1.807) is 0 Å². The third kappa shape index (κ3) is 10.7. The number of benzene rings is 15. The lowest BCUT2D eigenvalue weighted by Gasteiger charge is -2.43. The molecule has 18 rings (SSSR count). The summed E-state index contributed by atoms with van der Waals surface area (Å²) in [6, 6.07) is 124. The molecule has 0 N–H and O–H groups in total. The van der Waals surface area contributed by atoms with Gasteiger partial charge in [-0.15, -0.1) is 0 Å². The molecule has 0 bridgehead atoms. The van der Waals surface area contributed by atoms with E-state index < -0.39 is 22.2 Å². The van der Waals surface area contributed by atoms with Crippen LogP contribution in [-0.4, -0.2) is 27.4 Å².